The van der Waals surface area contributed by atoms with Crippen molar-refractivity contribution < 1.29 is 10.2 Å². The van der Waals surface area contributed by atoms with Gasteiger partial charge < -0.3 is 10.2 Å². The fourth-order valence-electron chi connectivity index (χ4n) is 3.90. The van der Waals surface area contributed by atoms with Crippen LogP contribution in [0.1, 0.15) is 98.1 Å². The lowest BCUT2D eigenvalue weighted by atomic mass is 9.69. The number of hydrogen-bond acceptors (Lipinski definition) is 3. The first kappa shape index (κ1) is 30.0. The van der Waals surface area contributed by atoms with Crippen LogP contribution in [-0.4, -0.2) is 10.2 Å². The second kappa shape index (κ2) is 13.8. The van der Waals surface area contributed by atoms with E-state index >= 15 is 0 Å². The first-order valence-electron chi connectivity index (χ1n) is 12.7. The topological polar surface area (TPSA) is 64.2 Å². The number of nitrogens with zero attached hydrogens (tertiary/aromatic N) is 1. The molecule has 0 fully saturated rings. The molecule has 0 heterocycles. The van der Waals surface area contributed by atoms with Crippen LogP contribution in [0.4, 0.5) is 0 Å². The van der Waals surface area contributed by atoms with Crippen molar-refractivity contribution in [2.75, 3.05) is 0 Å². The highest BCUT2D eigenvalue weighted by atomic mass is 16.3. The van der Waals surface area contributed by atoms with E-state index in [1.54, 1.807) is 42.5 Å². The Morgan fingerprint density at radius 1 is 0.743 bits per heavy atom. The molecule has 35 heavy (non-hydrogen) atoms. The summed E-state index contributed by atoms with van der Waals surface area (Å²) in [7, 11) is 0. The summed E-state index contributed by atoms with van der Waals surface area (Å²) in [4.78, 5) is 0. The molecule has 3 nitrogen and oxygen atoms in total. The molecule has 3 heteroatoms. The van der Waals surface area contributed by atoms with Gasteiger partial charge in [-0.25, -0.2) is 0 Å². The van der Waals surface area contributed by atoms with Gasteiger partial charge >= 0.3 is 0 Å². The average molecular weight is 476 g/mol. The molecule has 0 aliphatic rings. The number of aromatic hydroxyl groups is 2. The fourth-order valence-corrected chi connectivity index (χ4v) is 3.90. The highest BCUT2D eigenvalue weighted by Gasteiger charge is 2.30. The zero-order valence-electron chi connectivity index (χ0n) is 23.0. The predicted molar refractivity (Wildman–Crippen MR) is 150 cm³/mol. The van der Waals surface area contributed by atoms with Gasteiger partial charge in [0.15, 0.2) is 0 Å². The predicted octanol–water partition coefficient (Wildman–Crippen LogP) is 9.57. The van der Waals surface area contributed by atoms with E-state index in [1.165, 1.54) is 24.8 Å². The fraction of sp³-hybridized carbons (Fsp3) is 0.469. The van der Waals surface area contributed by atoms with Gasteiger partial charge in [0.25, 0.3) is 0 Å². The summed E-state index contributed by atoms with van der Waals surface area (Å²) in [5.74, 6) is 1.11. The van der Waals surface area contributed by atoms with Crippen molar-refractivity contribution >= 4 is 10.8 Å². The Morgan fingerprint density at radius 3 is 1.71 bits per heavy atom. The number of fused-ring (bicyclic) bond motifs is 1. The smallest absolute Gasteiger partial charge is 0.116 e. The van der Waals surface area contributed by atoms with Gasteiger partial charge in [0.05, 0.1) is 11.6 Å². The zero-order valence-corrected chi connectivity index (χ0v) is 23.0. The number of benzene rings is 3. The molecule has 3 rings (SSSR count). The highest BCUT2D eigenvalue weighted by Crippen LogP contribution is 2.43. The van der Waals surface area contributed by atoms with Crippen molar-refractivity contribution in [2.45, 2.75) is 87.0 Å². The minimum absolute atomic E-state index is 0.240. The second-order valence-electron chi connectivity index (χ2n) is 11.5. The molecule has 0 aliphatic heterocycles. The molecular formula is C32H45NO2. The van der Waals surface area contributed by atoms with E-state index in [1.807, 2.05) is 6.07 Å². The van der Waals surface area contributed by atoms with Crippen LogP contribution in [0.25, 0.3) is 10.8 Å². The van der Waals surface area contributed by atoms with E-state index in [2.05, 4.69) is 73.6 Å². The molecule has 0 saturated heterocycles. The third-order valence-electron chi connectivity index (χ3n) is 5.82. The highest BCUT2D eigenvalue weighted by molar-refractivity contribution is 5.85. The van der Waals surface area contributed by atoms with Crippen LogP contribution in [0.3, 0.4) is 0 Å². The molecule has 190 valence electrons. The average Bonchev–Trinajstić information content (AvgIpc) is 2.78. The molecule has 0 amide bonds. The molecule has 0 saturated carbocycles. The van der Waals surface area contributed by atoms with E-state index in [4.69, 9.17) is 5.26 Å². The normalized spacial score (nSPS) is 12.0. The third-order valence-corrected chi connectivity index (χ3v) is 5.82. The van der Waals surface area contributed by atoms with Gasteiger partial charge in [-0.05, 0) is 75.9 Å². The standard InChI is InChI=1S/C16H26O.C11H7NO.C5H12/c1-15(2,3)11-14(16(4,5)6)12-7-9-13(17)10-8-12;12-7-8-1-2-10-6-11(13)4-3-9(10)5-8;1-3-5-4-2/h7-10,14,17H,11H2,1-6H3;1-6,13H;3-5H2,1-2H3. The summed E-state index contributed by atoms with van der Waals surface area (Å²) in [6.07, 6.45) is 5.23. The number of rotatable bonds is 4. The SMILES string of the molecule is CC(C)(C)CC(c1ccc(O)cc1)C(C)(C)C.CCCCC.N#Cc1ccc2cc(O)ccc2c1. The van der Waals surface area contributed by atoms with E-state index in [-0.39, 0.29) is 11.2 Å². The molecule has 0 aliphatic carbocycles. The van der Waals surface area contributed by atoms with Crippen LogP contribution in [0, 0.1) is 22.2 Å². The number of phenols is 2. The summed E-state index contributed by atoms with van der Waals surface area (Å²) in [5, 5.41) is 29.1. The van der Waals surface area contributed by atoms with E-state index in [0.717, 1.165) is 17.2 Å². The Bertz CT molecular complexity index is 1060. The van der Waals surface area contributed by atoms with Crippen LogP contribution in [0.15, 0.2) is 60.7 Å². The Balaban J connectivity index is 0.000000300. The van der Waals surface area contributed by atoms with Gasteiger partial charge in [0.2, 0.25) is 0 Å². The van der Waals surface area contributed by atoms with Crippen LogP contribution in [-0.2, 0) is 0 Å². The van der Waals surface area contributed by atoms with E-state index in [0.29, 0.717) is 22.6 Å². The summed E-state index contributed by atoms with van der Waals surface area (Å²) >= 11 is 0. The molecule has 3 aromatic carbocycles. The molecule has 1 atom stereocenters. The monoisotopic (exact) mass is 475 g/mol. The maximum absolute atomic E-state index is 9.37. The molecule has 0 spiro atoms. The maximum Gasteiger partial charge on any atom is 0.116 e. The number of hydrogen-bond donors (Lipinski definition) is 2. The van der Waals surface area contributed by atoms with Crippen LogP contribution < -0.4 is 0 Å². The minimum atomic E-state index is 0.240. The lowest BCUT2D eigenvalue weighted by Gasteiger charge is -2.36. The molecule has 0 bridgehead atoms. The third kappa shape index (κ3) is 11.3. The number of phenolic OH excluding ortho intramolecular Hbond substituents is 2. The Hall–Kier alpha value is -2.99. The van der Waals surface area contributed by atoms with Crippen molar-refractivity contribution in [3.05, 3.63) is 71.8 Å². The van der Waals surface area contributed by atoms with Crippen molar-refractivity contribution in [2.24, 2.45) is 10.8 Å². The largest absolute Gasteiger partial charge is 0.508 e. The summed E-state index contributed by atoms with van der Waals surface area (Å²) in [6, 6.07) is 20.2. The van der Waals surface area contributed by atoms with Crippen LogP contribution in [0.2, 0.25) is 0 Å². The van der Waals surface area contributed by atoms with Crippen molar-refractivity contribution in [3.63, 3.8) is 0 Å². The molecule has 0 radical (unpaired) electrons. The van der Waals surface area contributed by atoms with Gasteiger partial charge in [0.1, 0.15) is 11.5 Å². The maximum atomic E-state index is 9.37. The van der Waals surface area contributed by atoms with Gasteiger partial charge in [-0.2, -0.15) is 5.26 Å². The quantitative estimate of drug-likeness (QED) is 0.395. The first-order valence-corrected chi connectivity index (χ1v) is 12.7. The molecular weight excluding hydrogens is 430 g/mol. The zero-order chi connectivity index (χ0) is 26.6. The summed E-state index contributed by atoms with van der Waals surface area (Å²) < 4.78 is 0. The Kier molecular flexibility index (Phi) is 11.8. The Labute approximate surface area is 213 Å². The lowest BCUT2D eigenvalue weighted by Crippen LogP contribution is -2.23. The molecule has 0 aromatic heterocycles. The van der Waals surface area contributed by atoms with Gasteiger partial charge in [-0.15, -0.1) is 0 Å². The molecule has 1 unspecified atom stereocenters. The summed E-state index contributed by atoms with van der Waals surface area (Å²) in [6.45, 7) is 18.1. The van der Waals surface area contributed by atoms with E-state index < -0.39 is 0 Å². The molecule has 2 N–H and O–H groups in total. The van der Waals surface area contributed by atoms with Crippen molar-refractivity contribution in [1.29, 1.82) is 5.26 Å². The number of nitriles is 1. The lowest BCUT2D eigenvalue weighted by molar-refractivity contribution is 0.229. The Morgan fingerprint density at radius 2 is 1.26 bits per heavy atom. The van der Waals surface area contributed by atoms with Gasteiger partial charge in [0, 0.05) is 0 Å². The van der Waals surface area contributed by atoms with Crippen LogP contribution in [0.5, 0.6) is 11.5 Å². The van der Waals surface area contributed by atoms with Gasteiger partial charge in [-0.1, -0.05) is 98.9 Å². The second-order valence-corrected chi connectivity index (χ2v) is 11.5. The summed E-state index contributed by atoms with van der Waals surface area (Å²) in [5.41, 5.74) is 2.52. The van der Waals surface area contributed by atoms with Crippen molar-refractivity contribution in [1.82, 2.24) is 0 Å². The molecule has 3 aromatic rings. The van der Waals surface area contributed by atoms with Crippen LogP contribution >= 0.6 is 0 Å². The first-order chi connectivity index (χ1) is 16.3. The number of unbranched alkanes of at least 4 members (excludes halogenated alkanes) is 2. The minimum Gasteiger partial charge on any atom is -0.508 e. The van der Waals surface area contributed by atoms with Crippen molar-refractivity contribution in [3.8, 4) is 17.6 Å². The van der Waals surface area contributed by atoms with Gasteiger partial charge in [-0.3, -0.25) is 0 Å². The van der Waals surface area contributed by atoms with E-state index in [9.17, 15) is 10.2 Å².